The summed E-state index contributed by atoms with van der Waals surface area (Å²) >= 11 is 0. The van der Waals surface area contributed by atoms with Crippen LogP contribution in [0.4, 0.5) is 0 Å². The van der Waals surface area contributed by atoms with Gasteiger partial charge in [-0.2, -0.15) is 0 Å². The molecule has 2 amide bonds. The van der Waals surface area contributed by atoms with E-state index in [-0.39, 0.29) is 30.2 Å². The lowest BCUT2D eigenvalue weighted by Gasteiger charge is -2.32. The van der Waals surface area contributed by atoms with Gasteiger partial charge in [0.15, 0.2) is 0 Å². The minimum absolute atomic E-state index is 0.0309. The van der Waals surface area contributed by atoms with Crippen molar-refractivity contribution in [3.05, 3.63) is 12.7 Å². The second-order valence-electron chi connectivity index (χ2n) is 6.03. The zero-order chi connectivity index (χ0) is 15.3. The Morgan fingerprint density at radius 3 is 2.45 bits per heavy atom. The van der Waals surface area contributed by atoms with Crippen molar-refractivity contribution in [1.82, 2.24) is 10.2 Å². The Morgan fingerprint density at radius 1 is 1.45 bits per heavy atom. The number of nitrogens with zero attached hydrogens (tertiary/aromatic N) is 1. The molecule has 20 heavy (non-hydrogen) atoms. The van der Waals surface area contributed by atoms with Crippen LogP contribution in [0.3, 0.4) is 0 Å². The van der Waals surface area contributed by atoms with Gasteiger partial charge in [0.2, 0.25) is 11.8 Å². The second kappa shape index (κ2) is 6.88. The number of carbonyl (C=O) groups excluding carboxylic acids is 2. The molecule has 1 rings (SSSR count). The lowest BCUT2D eigenvalue weighted by atomic mass is 9.91. The van der Waals surface area contributed by atoms with E-state index in [2.05, 4.69) is 11.9 Å². The van der Waals surface area contributed by atoms with Crippen molar-refractivity contribution in [2.45, 2.75) is 39.2 Å². The van der Waals surface area contributed by atoms with E-state index < -0.39 is 5.60 Å². The van der Waals surface area contributed by atoms with Crippen molar-refractivity contribution in [3.63, 3.8) is 0 Å². The number of carbonyl (C=O) groups is 2. The summed E-state index contributed by atoms with van der Waals surface area (Å²) in [5, 5.41) is 12.9. The van der Waals surface area contributed by atoms with Gasteiger partial charge < -0.3 is 15.3 Å². The van der Waals surface area contributed by atoms with Crippen LogP contribution >= 0.6 is 0 Å². The molecule has 114 valence electrons. The highest BCUT2D eigenvalue weighted by Crippen LogP contribution is 2.19. The summed E-state index contributed by atoms with van der Waals surface area (Å²) in [7, 11) is 0. The molecule has 0 saturated carbocycles. The van der Waals surface area contributed by atoms with Gasteiger partial charge in [-0.05, 0) is 31.8 Å². The molecule has 1 heterocycles. The van der Waals surface area contributed by atoms with Gasteiger partial charge in [0.1, 0.15) is 0 Å². The average molecular weight is 282 g/mol. The quantitative estimate of drug-likeness (QED) is 0.737. The molecule has 1 fully saturated rings. The molecule has 5 nitrogen and oxygen atoms in total. The third kappa shape index (κ3) is 4.34. The van der Waals surface area contributed by atoms with Crippen LogP contribution in [0, 0.1) is 11.8 Å². The van der Waals surface area contributed by atoms with E-state index in [1.165, 1.54) is 6.08 Å². The highest BCUT2D eigenvalue weighted by molar-refractivity contribution is 5.87. The Balaban J connectivity index is 2.40. The highest BCUT2D eigenvalue weighted by Gasteiger charge is 2.29. The third-order valence-electron chi connectivity index (χ3n) is 4.22. The van der Waals surface area contributed by atoms with Gasteiger partial charge in [-0.1, -0.05) is 20.4 Å². The molecule has 0 aromatic rings. The van der Waals surface area contributed by atoms with Crippen LogP contribution < -0.4 is 5.32 Å². The minimum atomic E-state index is -0.894. The molecule has 0 aromatic carbocycles. The number of likely N-dealkylation sites (tertiary alicyclic amines) is 1. The van der Waals surface area contributed by atoms with Crippen LogP contribution in [0.5, 0.6) is 0 Å². The second-order valence-corrected chi connectivity index (χ2v) is 6.03. The fourth-order valence-electron chi connectivity index (χ4n) is 2.11. The van der Waals surface area contributed by atoms with E-state index in [1.807, 2.05) is 13.8 Å². The summed E-state index contributed by atoms with van der Waals surface area (Å²) in [6.07, 6.45) is 2.63. The summed E-state index contributed by atoms with van der Waals surface area (Å²) in [5.41, 5.74) is -0.894. The molecule has 0 aromatic heterocycles. The minimum Gasteiger partial charge on any atom is -0.388 e. The molecule has 5 heteroatoms. The van der Waals surface area contributed by atoms with Crippen LogP contribution in [0.15, 0.2) is 12.7 Å². The fourth-order valence-corrected chi connectivity index (χ4v) is 2.11. The van der Waals surface area contributed by atoms with Gasteiger partial charge in [-0.25, -0.2) is 0 Å². The van der Waals surface area contributed by atoms with Gasteiger partial charge in [0.25, 0.3) is 0 Å². The lowest BCUT2D eigenvalue weighted by Crippen LogP contribution is -2.48. The predicted molar refractivity (Wildman–Crippen MR) is 78.0 cm³/mol. The zero-order valence-corrected chi connectivity index (χ0v) is 12.7. The van der Waals surface area contributed by atoms with Crippen molar-refractivity contribution in [2.75, 3.05) is 19.6 Å². The maximum absolute atomic E-state index is 12.1. The molecule has 0 spiro atoms. The summed E-state index contributed by atoms with van der Waals surface area (Å²) in [6.45, 7) is 10.5. The molecule has 2 N–H and O–H groups in total. The number of aliphatic hydroxyl groups is 1. The van der Waals surface area contributed by atoms with Crippen molar-refractivity contribution < 1.29 is 14.7 Å². The molecule has 1 aliphatic heterocycles. The normalized spacial score (nSPS) is 19.6. The van der Waals surface area contributed by atoms with E-state index in [9.17, 15) is 14.7 Å². The predicted octanol–water partition coefficient (Wildman–Crippen LogP) is 0.934. The molecular formula is C15H26N2O3. The zero-order valence-electron chi connectivity index (χ0n) is 12.7. The van der Waals surface area contributed by atoms with E-state index >= 15 is 0 Å². The maximum Gasteiger partial charge on any atom is 0.245 e. The van der Waals surface area contributed by atoms with Crippen molar-refractivity contribution in [3.8, 4) is 0 Å². The van der Waals surface area contributed by atoms with Gasteiger partial charge in [0.05, 0.1) is 5.60 Å². The van der Waals surface area contributed by atoms with Crippen molar-refractivity contribution in [1.29, 1.82) is 0 Å². The summed E-state index contributed by atoms with van der Waals surface area (Å²) in [6, 6.07) is 0. The first kappa shape index (κ1) is 16.7. The molecule has 1 unspecified atom stereocenters. The summed E-state index contributed by atoms with van der Waals surface area (Å²) in [4.78, 5) is 25.2. The molecule has 1 saturated heterocycles. The van der Waals surface area contributed by atoms with E-state index in [0.717, 1.165) is 0 Å². The van der Waals surface area contributed by atoms with Crippen LogP contribution in [-0.2, 0) is 9.59 Å². The number of rotatable bonds is 5. The van der Waals surface area contributed by atoms with Gasteiger partial charge in [-0.3, -0.25) is 9.59 Å². The number of piperidine rings is 1. The van der Waals surface area contributed by atoms with Crippen molar-refractivity contribution in [2.24, 2.45) is 11.8 Å². The van der Waals surface area contributed by atoms with Crippen LogP contribution in [0.2, 0.25) is 0 Å². The van der Waals surface area contributed by atoms with Gasteiger partial charge in [-0.15, -0.1) is 0 Å². The first-order valence-corrected chi connectivity index (χ1v) is 7.19. The van der Waals surface area contributed by atoms with Gasteiger partial charge in [0, 0.05) is 25.6 Å². The average Bonchev–Trinajstić information content (AvgIpc) is 2.44. The number of nitrogens with one attached hydrogen (secondary N) is 1. The summed E-state index contributed by atoms with van der Waals surface area (Å²) < 4.78 is 0. The maximum atomic E-state index is 12.1. The molecular weight excluding hydrogens is 256 g/mol. The number of amides is 2. The molecule has 1 atom stereocenters. The van der Waals surface area contributed by atoms with E-state index in [4.69, 9.17) is 0 Å². The number of hydrogen-bond acceptors (Lipinski definition) is 3. The first-order chi connectivity index (χ1) is 9.27. The van der Waals surface area contributed by atoms with Gasteiger partial charge >= 0.3 is 0 Å². The molecule has 1 aliphatic rings. The first-order valence-electron chi connectivity index (χ1n) is 7.19. The lowest BCUT2D eigenvalue weighted by molar-refractivity contribution is -0.132. The Hall–Kier alpha value is -1.36. The Labute approximate surface area is 121 Å². The Kier molecular flexibility index (Phi) is 5.74. The standard InChI is InChI=1S/C15H26N2O3/c1-5-13(18)17-8-6-12(7-9-17)14(19)16-10-15(4,20)11(2)3/h5,11-12,20H,1,6-10H2,2-4H3,(H,16,19). The Morgan fingerprint density at radius 2 is 2.00 bits per heavy atom. The third-order valence-corrected chi connectivity index (χ3v) is 4.22. The molecule has 0 aliphatic carbocycles. The molecule has 0 bridgehead atoms. The monoisotopic (exact) mass is 282 g/mol. The Bertz CT molecular complexity index is 369. The van der Waals surface area contributed by atoms with Crippen LogP contribution in [-0.4, -0.2) is 47.1 Å². The highest BCUT2D eigenvalue weighted by atomic mass is 16.3. The molecule has 0 radical (unpaired) electrons. The van der Waals surface area contributed by atoms with Crippen LogP contribution in [0.25, 0.3) is 0 Å². The largest absolute Gasteiger partial charge is 0.388 e. The summed E-state index contributed by atoms with van der Waals surface area (Å²) in [5.74, 6) is -0.107. The fraction of sp³-hybridized carbons (Fsp3) is 0.733. The van der Waals surface area contributed by atoms with Crippen molar-refractivity contribution >= 4 is 11.8 Å². The van der Waals surface area contributed by atoms with E-state index in [1.54, 1.807) is 11.8 Å². The van der Waals surface area contributed by atoms with Crippen LogP contribution in [0.1, 0.15) is 33.6 Å². The topological polar surface area (TPSA) is 69.6 Å². The number of hydrogen-bond donors (Lipinski definition) is 2. The van der Waals surface area contributed by atoms with E-state index in [0.29, 0.717) is 25.9 Å². The SMILES string of the molecule is C=CC(=O)N1CCC(C(=O)NCC(C)(O)C(C)C)CC1. The smallest absolute Gasteiger partial charge is 0.245 e.